The summed E-state index contributed by atoms with van der Waals surface area (Å²) in [5, 5.41) is 5.06. The number of pyridine rings is 1. The van der Waals surface area contributed by atoms with Crippen LogP contribution in [0, 0.1) is 20.8 Å². The van der Waals surface area contributed by atoms with E-state index in [4.69, 9.17) is 9.72 Å². The standard InChI is InChI=1S/C22H24N2O2S/c1-14-11-16(3)22-17(12-14)15(2)13-21(24-22)27-10-9-20(25)23-18-7-5-6-8-19(18)26-4/h5-8,11-13H,9-10H2,1-4H3,(H,23,25). The Bertz CT molecular complexity index is 985. The molecule has 0 aliphatic rings. The van der Waals surface area contributed by atoms with Crippen molar-refractivity contribution >= 4 is 34.3 Å². The first-order chi connectivity index (χ1) is 13.0. The molecular weight excluding hydrogens is 356 g/mol. The van der Waals surface area contributed by atoms with Gasteiger partial charge in [-0.2, -0.15) is 0 Å². The van der Waals surface area contributed by atoms with Crippen LogP contribution in [0.4, 0.5) is 5.69 Å². The smallest absolute Gasteiger partial charge is 0.225 e. The van der Waals surface area contributed by atoms with Gasteiger partial charge in [-0.05, 0) is 56.2 Å². The van der Waals surface area contributed by atoms with Gasteiger partial charge in [0, 0.05) is 17.6 Å². The molecule has 0 aliphatic heterocycles. The van der Waals surface area contributed by atoms with E-state index in [9.17, 15) is 4.79 Å². The van der Waals surface area contributed by atoms with Gasteiger partial charge in [0.05, 0.1) is 23.3 Å². The number of rotatable bonds is 6. The first kappa shape index (κ1) is 19.2. The molecule has 0 atom stereocenters. The quantitative estimate of drug-likeness (QED) is 0.590. The number of nitrogens with one attached hydrogen (secondary N) is 1. The van der Waals surface area contributed by atoms with Crippen LogP contribution in [0.15, 0.2) is 47.5 Å². The molecule has 0 bridgehead atoms. The second kappa shape index (κ2) is 8.44. The fourth-order valence-corrected chi connectivity index (χ4v) is 4.01. The van der Waals surface area contributed by atoms with Crippen molar-refractivity contribution in [2.24, 2.45) is 0 Å². The second-order valence-electron chi connectivity index (χ2n) is 6.60. The zero-order valence-corrected chi connectivity index (χ0v) is 16.9. The van der Waals surface area contributed by atoms with Crippen LogP contribution >= 0.6 is 11.8 Å². The molecule has 1 N–H and O–H groups in total. The summed E-state index contributed by atoms with van der Waals surface area (Å²) in [7, 11) is 1.60. The highest BCUT2D eigenvalue weighted by Crippen LogP contribution is 2.27. The Labute approximate surface area is 164 Å². The van der Waals surface area contributed by atoms with Crippen LogP contribution < -0.4 is 10.1 Å². The first-order valence-corrected chi connectivity index (χ1v) is 9.91. The van der Waals surface area contributed by atoms with Gasteiger partial charge in [0.15, 0.2) is 0 Å². The number of aromatic nitrogens is 1. The third-order valence-electron chi connectivity index (χ3n) is 4.39. The Hall–Kier alpha value is -2.53. The average molecular weight is 381 g/mol. The van der Waals surface area contributed by atoms with Crippen LogP contribution in [0.5, 0.6) is 5.75 Å². The molecule has 0 saturated heterocycles. The number of aryl methyl sites for hydroxylation is 3. The highest BCUT2D eigenvalue weighted by molar-refractivity contribution is 7.99. The monoisotopic (exact) mass is 380 g/mol. The maximum absolute atomic E-state index is 12.2. The molecule has 4 nitrogen and oxygen atoms in total. The first-order valence-electron chi connectivity index (χ1n) is 8.92. The lowest BCUT2D eigenvalue weighted by Gasteiger charge is -2.11. The largest absolute Gasteiger partial charge is 0.495 e. The molecular formula is C22H24N2O2S. The van der Waals surface area contributed by atoms with E-state index in [0.29, 0.717) is 23.6 Å². The highest BCUT2D eigenvalue weighted by atomic mass is 32.2. The van der Waals surface area contributed by atoms with Crippen LogP contribution in [0.1, 0.15) is 23.1 Å². The summed E-state index contributed by atoms with van der Waals surface area (Å²) < 4.78 is 5.26. The lowest BCUT2D eigenvalue weighted by Crippen LogP contribution is -2.12. The van der Waals surface area contributed by atoms with Gasteiger partial charge < -0.3 is 10.1 Å². The molecule has 0 radical (unpaired) electrons. The average Bonchev–Trinajstić information content (AvgIpc) is 2.63. The number of carbonyl (C=O) groups is 1. The molecule has 27 heavy (non-hydrogen) atoms. The summed E-state index contributed by atoms with van der Waals surface area (Å²) >= 11 is 1.61. The van der Waals surface area contributed by atoms with Gasteiger partial charge in [-0.3, -0.25) is 4.79 Å². The van der Waals surface area contributed by atoms with Gasteiger partial charge in [0.1, 0.15) is 5.75 Å². The number of nitrogens with zero attached hydrogens (tertiary/aromatic N) is 1. The predicted octanol–water partition coefficient (Wildman–Crippen LogP) is 5.29. The number of para-hydroxylation sites is 2. The summed E-state index contributed by atoms with van der Waals surface area (Å²) in [5.74, 6) is 1.30. The van der Waals surface area contributed by atoms with Crippen LogP contribution in [0.25, 0.3) is 10.9 Å². The molecule has 3 aromatic rings. The maximum atomic E-state index is 12.2. The number of carbonyl (C=O) groups excluding carboxylic acids is 1. The summed E-state index contributed by atoms with van der Waals surface area (Å²) in [6.07, 6.45) is 0.411. The van der Waals surface area contributed by atoms with Gasteiger partial charge in [-0.15, -0.1) is 11.8 Å². The van der Waals surface area contributed by atoms with Crippen molar-refractivity contribution in [3.63, 3.8) is 0 Å². The molecule has 0 fully saturated rings. The summed E-state index contributed by atoms with van der Waals surface area (Å²) in [6, 6.07) is 13.9. The van der Waals surface area contributed by atoms with Crippen LogP contribution in [0.3, 0.4) is 0 Å². The topological polar surface area (TPSA) is 51.2 Å². The number of hydrogen-bond acceptors (Lipinski definition) is 4. The number of hydrogen-bond donors (Lipinski definition) is 1. The van der Waals surface area contributed by atoms with Gasteiger partial charge in [0.25, 0.3) is 0 Å². The molecule has 0 saturated carbocycles. The summed E-state index contributed by atoms with van der Waals surface area (Å²) in [5.41, 5.74) is 5.39. The van der Waals surface area contributed by atoms with Crippen LogP contribution in [-0.2, 0) is 4.79 Å². The van der Waals surface area contributed by atoms with E-state index in [1.54, 1.807) is 18.9 Å². The van der Waals surface area contributed by atoms with E-state index in [2.05, 4.69) is 44.3 Å². The molecule has 1 amide bonds. The number of ether oxygens (including phenoxy) is 1. The van der Waals surface area contributed by atoms with Crippen LogP contribution in [0.2, 0.25) is 0 Å². The maximum Gasteiger partial charge on any atom is 0.225 e. The molecule has 0 aliphatic carbocycles. The van der Waals surface area contributed by atoms with E-state index in [-0.39, 0.29) is 5.91 Å². The van der Waals surface area contributed by atoms with E-state index in [1.807, 2.05) is 24.3 Å². The minimum absolute atomic E-state index is 0.0312. The Morgan fingerprint density at radius 1 is 1.11 bits per heavy atom. The van der Waals surface area contributed by atoms with E-state index >= 15 is 0 Å². The number of fused-ring (bicyclic) bond motifs is 1. The zero-order valence-electron chi connectivity index (χ0n) is 16.1. The van der Waals surface area contributed by atoms with Crippen molar-refractivity contribution in [1.29, 1.82) is 0 Å². The molecule has 5 heteroatoms. The number of thioether (sulfide) groups is 1. The van der Waals surface area contributed by atoms with Gasteiger partial charge in [-0.25, -0.2) is 4.98 Å². The van der Waals surface area contributed by atoms with Crippen molar-refractivity contribution in [2.75, 3.05) is 18.2 Å². The van der Waals surface area contributed by atoms with Gasteiger partial charge in [-0.1, -0.05) is 23.8 Å². The van der Waals surface area contributed by atoms with Gasteiger partial charge >= 0.3 is 0 Å². The van der Waals surface area contributed by atoms with E-state index in [0.717, 1.165) is 10.5 Å². The molecule has 1 aromatic heterocycles. The Balaban J connectivity index is 1.64. The van der Waals surface area contributed by atoms with Crippen molar-refractivity contribution in [1.82, 2.24) is 4.98 Å². The number of amides is 1. The van der Waals surface area contributed by atoms with Crippen molar-refractivity contribution < 1.29 is 9.53 Å². The lowest BCUT2D eigenvalue weighted by molar-refractivity contribution is -0.115. The molecule has 3 rings (SSSR count). The third-order valence-corrected chi connectivity index (χ3v) is 5.30. The summed E-state index contributed by atoms with van der Waals surface area (Å²) in [4.78, 5) is 17.0. The molecule has 2 aromatic carbocycles. The van der Waals surface area contributed by atoms with Crippen molar-refractivity contribution in [3.8, 4) is 5.75 Å². The van der Waals surface area contributed by atoms with E-state index < -0.39 is 0 Å². The fraction of sp³-hybridized carbons (Fsp3) is 0.273. The lowest BCUT2D eigenvalue weighted by atomic mass is 10.0. The highest BCUT2D eigenvalue weighted by Gasteiger charge is 2.09. The molecule has 0 unspecified atom stereocenters. The number of methoxy groups -OCH3 is 1. The molecule has 1 heterocycles. The second-order valence-corrected chi connectivity index (χ2v) is 7.72. The fourth-order valence-electron chi connectivity index (χ4n) is 3.10. The SMILES string of the molecule is COc1ccccc1NC(=O)CCSc1cc(C)c2cc(C)cc(C)c2n1. The normalized spacial score (nSPS) is 10.8. The minimum atomic E-state index is -0.0312. The van der Waals surface area contributed by atoms with Crippen molar-refractivity contribution in [2.45, 2.75) is 32.2 Å². The number of benzene rings is 2. The van der Waals surface area contributed by atoms with E-state index in [1.165, 1.54) is 22.1 Å². The number of anilines is 1. The third kappa shape index (κ3) is 4.61. The Morgan fingerprint density at radius 3 is 2.67 bits per heavy atom. The Morgan fingerprint density at radius 2 is 1.89 bits per heavy atom. The zero-order chi connectivity index (χ0) is 19.4. The van der Waals surface area contributed by atoms with Gasteiger partial charge in [0.2, 0.25) is 5.91 Å². The minimum Gasteiger partial charge on any atom is -0.495 e. The van der Waals surface area contributed by atoms with Crippen molar-refractivity contribution in [3.05, 3.63) is 59.2 Å². The molecule has 0 spiro atoms. The van der Waals surface area contributed by atoms with Crippen LogP contribution in [-0.4, -0.2) is 23.8 Å². The summed E-state index contributed by atoms with van der Waals surface area (Å²) in [6.45, 7) is 6.31. The predicted molar refractivity (Wildman–Crippen MR) is 113 cm³/mol. The Kier molecular flexibility index (Phi) is 6.01. The molecule has 140 valence electrons.